The second-order valence-electron chi connectivity index (χ2n) is 6.12. The maximum absolute atomic E-state index is 14.4. The minimum atomic E-state index is -0.564. The number of hydrogen-bond donors (Lipinski definition) is 2. The predicted molar refractivity (Wildman–Crippen MR) is 108 cm³/mol. The first kappa shape index (κ1) is 20.4. The SMILES string of the molecule is COCCCOC1=c2c(F)cccc2=IC(CNC(=O)C2CNCCO2)=C1. The van der Waals surface area contributed by atoms with Gasteiger partial charge in [-0.1, -0.05) is 26.8 Å². The van der Waals surface area contributed by atoms with Crippen LogP contribution in [-0.4, -0.2) is 58.6 Å². The molecule has 1 fully saturated rings. The minimum absolute atomic E-state index is 0.125. The molecule has 3 rings (SSSR count). The molecule has 1 amide bonds. The van der Waals surface area contributed by atoms with Gasteiger partial charge in [-0.15, -0.1) is 0 Å². The van der Waals surface area contributed by atoms with Gasteiger partial charge < -0.3 is 24.8 Å². The monoisotopic (exact) mass is 490 g/mol. The van der Waals surface area contributed by atoms with Crippen molar-refractivity contribution in [2.75, 3.05) is 46.6 Å². The van der Waals surface area contributed by atoms with E-state index in [1.165, 1.54) is 6.07 Å². The lowest BCUT2D eigenvalue weighted by atomic mass is 10.2. The van der Waals surface area contributed by atoms with Crippen LogP contribution in [0.5, 0.6) is 0 Å². The zero-order valence-electron chi connectivity index (χ0n) is 15.2. The van der Waals surface area contributed by atoms with Crippen LogP contribution in [0.15, 0.2) is 27.9 Å². The van der Waals surface area contributed by atoms with Crippen molar-refractivity contribution >= 4 is 32.4 Å². The van der Waals surface area contributed by atoms with Gasteiger partial charge in [-0.05, 0) is 18.2 Å². The number of methoxy groups -OCH3 is 1. The molecule has 6 nitrogen and oxygen atoms in total. The fraction of sp³-hybridized carbons (Fsp3) is 0.474. The number of amides is 1. The third-order valence-electron chi connectivity index (χ3n) is 4.12. The summed E-state index contributed by atoms with van der Waals surface area (Å²) in [6.07, 6.45) is 2.15. The fourth-order valence-corrected chi connectivity index (χ4v) is 5.53. The molecule has 2 heterocycles. The molecular formula is C19H24FIN2O4. The van der Waals surface area contributed by atoms with E-state index in [4.69, 9.17) is 14.2 Å². The summed E-state index contributed by atoms with van der Waals surface area (Å²) in [5, 5.41) is 6.63. The third-order valence-corrected chi connectivity index (χ3v) is 6.99. The molecule has 0 aromatic heterocycles. The number of benzene rings is 1. The van der Waals surface area contributed by atoms with Crippen molar-refractivity contribution in [1.29, 1.82) is 0 Å². The Labute approximate surface area is 167 Å². The topological polar surface area (TPSA) is 68.8 Å². The van der Waals surface area contributed by atoms with E-state index in [9.17, 15) is 9.18 Å². The molecule has 2 N–H and O–H groups in total. The van der Waals surface area contributed by atoms with E-state index in [0.717, 1.165) is 19.7 Å². The Balaban J connectivity index is 1.72. The predicted octanol–water partition coefficient (Wildman–Crippen LogP) is 1.21. The number of hydrogen-bond acceptors (Lipinski definition) is 5. The Morgan fingerprint density at radius 3 is 3.11 bits per heavy atom. The average molecular weight is 490 g/mol. The molecule has 8 heteroatoms. The summed E-state index contributed by atoms with van der Waals surface area (Å²) in [7, 11) is 1.64. The molecule has 2 aliphatic rings. The van der Waals surface area contributed by atoms with Crippen LogP contribution in [0.25, 0.3) is 5.76 Å². The summed E-state index contributed by atoms with van der Waals surface area (Å²) in [5.74, 6) is 0.139. The molecule has 0 spiro atoms. The number of carbonyl (C=O) groups is 1. The van der Waals surface area contributed by atoms with Gasteiger partial charge in [0.25, 0.3) is 5.91 Å². The molecule has 1 unspecified atom stereocenters. The van der Waals surface area contributed by atoms with Gasteiger partial charge in [-0.25, -0.2) is 4.39 Å². The highest BCUT2D eigenvalue weighted by Crippen LogP contribution is 2.24. The standard InChI is InChI=1S/C19H24FIN2O4/c1-25-7-3-8-26-16-10-13(21-15-5-2-4-14(20)18(15)16)11-23-19(24)17-12-22-6-9-27-17/h2,4-5,10,17,22H,3,6-9,11-12H2,1H3,(H,23,24). The first-order chi connectivity index (χ1) is 13.2. The largest absolute Gasteiger partial charge is 0.493 e. The summed E-state index contributed by atoms with van der Waals surface area (Å²) >= 11 is -0.564. The molecular weight excluding hydrogens is 466 g/mol. The van der Waals surface area contributed by atoms with Gasteiger partial charge in [-0.3, -0.25) is 4.79 Å². The van der Waals surface area contributed by atoms with Crippen molar-refractivity contribution in [3.8, 4) is 0 Å². The summed E-state index contributed by atoms with van der Waals surface area (Å²) in [5.41, 5.74) is 0. The fourth-order valence-electron chi connectivity index (χ4n) is 2.79. The molecule has 1 atom stereocenters. The normalized spacial score (nSPS) is 19.3. The molecule has 0 saturated carbocycles. The zero-order chi connectivity index (χ0) is 19.1. The molecule has 0 radical (unpaired) electrons. The molecule has 0 aliphatic carbocycles. The number of fused-ring (bicyclic) bond motifs is 1. The molecule has 1 aromatic rings. The molecule has 0 bridgehead atoms. The Hall–Kier alpha value is -1.36. The Kier molecular flexibility index (Phi) is 7.74. The Morgan fingerprint density at radius 1 is 1.44 bits per heavy atom. The highest BCUT2D eigenvalue weighted by Gasteiger charge is 2.21. The second-order valence-corrected chi connectivity index (χ2v) is 9.21. The third kappa shape index (κ3) is 5.56. The van der Waals surface area contributed by atoms with E-state index < -0.39 is 26.8 Å². The lowest BCUT2D eigenvalue weighted by molar-refractivity contribution is -0.133. The quantitative estimate of drug-likeness (QED) is 0.424. The maximum atomic E-state index is 14.4. The van der Waals surface area contributed by atoms with Crippen molar-refractivity contribution in [2.45, 2.75) is 12.5 Å². The van der Waals surface area contributed by atoms with Crippen LogP contribution in [0.3, 0.4) is 0 Å². The van der Waals surface area contributed by atoms with Crippen LogP contribution < -0.4 is 15.9 Å². The van der Waals surface area contributed by atoms with Gasteiger partial charge in [0.1, 0.15) is 17.7 Å². The second kappa shape index (κ2) is 10.3. The first-order valence-corrected chi connectivity index (χ1v) is 11.1. The van der Waals surface area contributed by atoms with Crippen molar-refractivity contribution < 1.29 is 23.4 Å². The van der Waals surface area contributed by atoms with Gasteiger partial charge >= 0.3 is 0 Å². The number of ether oxygens (including phenoxy) is 3. The highest BCUT2D eigenvalue weighted by atomic mass is 127. The van der Waals surface area contributed by atoms with Crippen LogP contribution in [0, 0.1) is 8.97 Å². The molecule has 1 saturated heterocycles. The van der Waals surface area contributed by atoms with Crippen molar-refractivity contribution in [1.82, 2.24) is 10.6 Å². The minimum Gasteiger partial charge on any atom is -0.493 e. The van der Waals surface area contributed by atoms with Crippen LogP contribution in [0.4, 0.5) is 4.39 Å². The van der Waals surface area contributed by atoms with E-state index in [1.807, 2.05) is 12.1 Å². The number of nitrogens with one attached hydrogen (secondary N) is 2. The van der Waals surface area contributed by atoms with E-state index in [0.29, 0.717) is 43.9 Å². The summed E-state index contributed by atoms with van der Waals surface area (Å²) in [4.78, 5) is 12.3. The van der Waals surface area contributed by atoms with Crippen LogP contribution >= 0.6 is 20.7 Å². The molecule has 1 aromatic carbocycles. The summed E-state index contributed by atoms with van der Waals surface area (Å²) < 4.78 is 32.7. The van der Waals surface area contributed by atoms with Gasteiger partial charge in [-0.2, -0.15) is 0 Å². The van der Waals surface area contributed by atoms with Gasteiger partial charge in [0, 0.05) is 46.5 Å². The van der Waals surface area contributed by atoms with Crippen LogP contribution in [0.1, 0.15) is 6.42 Å². The first-order valence-electron chi connectivity index (χ1n) is 8.92. The molecule has 27 heavy (non-hydrogen) atoms. The van der Waals surface area contributed by atoms with Gasteiger partial charge in [0.15, 0.2) is 0 Å². The molecule has 148 valence electrons. The summed E-state index contributed by atoms with van der Waals surface area (Å²) in [6.45, 7) is 3.29. The van der Waals surface area contributed by atoms with E-state index in [-0.39, 0.29) is 11.7 Å². The Bertz CT molecular complexity index is 821. The molecule has 2 aliphatic heterocycles. The lowest BCUT2D eigenvalue weighted by Crippen LogP contribution is -2.48. The zero-order valence-corrected chi connectivity index (χ0v) is 17.4. The highest BCUT2D eigenvalue weighted by molar-refractivity contribution is 14.2. The van der Waals surface area contributed by atoms with Crippen LogP contribution in [0.2, 0.25) is 0 Å². The maximum Gasteiger partial charge on any atom is 0.250 e. The van der Waals surface area contributed by atoms with Crippen LogP contribution in [-0.2, 0) is 19.0 Å². The summed E-state index contributed by atoms with van der Waals surface area (Å²) in [6, 6.07) is 5.11. The van der Waals surface area contributed by atoms with Gasteiger partial charge in [0.05, 0.1) is 18.4 Å². The van der Waals surface area contributed by atoms with E-state index >= 15 is 0 Å². The van der Waals surface area contributed by atoms with Gasteiger partial charge in [0.2, 0.25) is 0 Å². The van der Waals surface area contributed by atoms with Crippen molar-refractivity contribution in [3.05, 3.63) is 42.0 Å². The number of halogens is 2. The Morgan fingerprint density at radius 2 is 2.33 bits per heavy atom. The number of morpholine rings is 1. The number of carbonyl (C=O) groups excluding carboxylic acids is 1. The van der Waals surface area contributed by atoms with Crippen molar-refractivity contribution in [2.24, 2.45) is 0 Å². The van der Waals surface area contributed by atoms with E-state index in [2.05, 4.69) is 10.6 Å². The lowest BCUT2D eigenvalue weighted by Gasteiger charge is -2.23. The smallest absolute Gasteiger partial charge is 0.250 e. The van der Waals surface area contributed by atoms with E-state index in [1.54, 1.807) is 13.2 Å². The average Bonchev–Trinajstić information content (AvgIpc) is 2.70. The van der Waals surface area contributed by atoms with Crippen molar-refractivity contribution in [3.63, 3.8) is 0 Å². The number of rotatable bonds is 8.